The zero-order chi connectivity index (χ0) is 22.9. The number of carbonyl (C=O) groups excluding carboxylic acids is 1. The molecule has 1 aromatic heterocycles. The molecule has 4 aromatic rings. The quantitative estimate of drug-likeness (QED) is 0.311. The van der Waals surface area contributed by atoms with Gasteiger partial charge in [0.25, 0.3) is 0 Å². The van der Waals surface area contributed by atoms with Crippen molar-refractivity contribution in [3.05, 3.63) is 88.5 Å². The number of aromatic nitrogens is 1. The van der Waals surface area contributed by atoms with Crippen molar-refractivity contribution in [3.8, 4) is 10.6 Å². The number of carbonyl (C=O) groups is 1. The zero-order valence-corrected chi connectivity index (χ0v) is 18.3. The topological polar surface area (TPSA) is 42.0 Å². The molecular formula is C24H16ClF3N2OS. The third-order valence-electron chi connectivity index (χ3n) is 4.68. The van der Waals surface area contributed by atoms with Crippen molar-refractivity contribution < 1.29 is 18.0 Å². The van der Waals surface area contributed by atoms with Gasteiger partial charge in [0, 0.05) is 22.3 Å². The van der Waals surface area contributed by atoms with E-state index in [1.165, 1.54) is 11.6 Å². The molecule has 0 aliphatic heterocycles. The van der Waals surface area contributed by atoms with Crippen LogP contribution in [-0.4, -0.2) is 10.9 Å². The fraction of sp³-hybridized carbons (Fsp3) is 0.0833. The van der Waals surface area contributed by atoms with Crippen molar-refractivity contribution in [2.24, 2.45) is 0 Å². The zero-order valence-electron chi connectivity index (χ0n) is 16.7. The number of nitrogens with one attached hydrogen (secondary N) is 1. The summed E-state index contributed by atoms with van der Waals surface area (Å²) in [6.07, 6.45) is -2.09. The summed E-state index contributed by atoms with van der Waals surface area (Å²) in [5.74, 6) is -0.485. The van der Waals surface area contributed by atoms with Crippen molar-refractivity contribution >= 4 is 50.8 Å². The summed E-state index contributed by atoms with van der Waals surface area (Å²) in [5, 5.41) is 3.68. The van der Waals surface area contributed by atoms with E-state index in [1.54, 1.807) is 23.5 Å². The third kappa shape index (κ3) is 5.00. The molecule has 0 bridgehead atoms. The highest BCUT2D eigenvalue weighted by molar-refractivity contribution is 7.21. The summed E-state index contributed by atoms with van der Waals surface area (Å²) in [7, 11) is 0. The van der Waals surface area contributed by atoms with Crippen LogP contribution in [0.2, 0.25) is 5.02 Å². The molecule has 3 nitrogen and oxygen atoms in total. The predicted octanol–water partition coefficient (Wildman–Crippen LogP) is 7.60. The number of halogens is 4. The highest BCUT2D eigenvalue weighted by atomic mass is 35.5. The number of nitrogens with zero attached hydrogens (tertiary/aromatic N) is 1. The Bertz CT molecular complexity index is 1330. The maximum Gasteiger partial charge on any atom is 0.416 e. The molecule has 0 aliphatic carbocycles. The largest absolute Gasteiger partial charge is 0.416 e. The number of hydrogen-bond donors (Lipinski definition) is 1. The number of amides is 1. The summed E-state index contributed by atoms with van der Waals surface area (Å²) in [4.78, 5) is 16.8. The van der Waals surface area contributed by atoms with Crippen LogP contribution in [0.3, 0.4) is 0 Å². The third-order valence-corrected chi connectivity index (χ3v) is 6.09. The molecule has 0 atom stereocenters. The summed E-state index contributed by atoms with van der Waals surface area (Å²) in [6.45, 7) is 2.03. The molecule has 0 saturated heterocycles. The normalized spacial score (nSPS) is 11.9. The number of fused-ring (bicyclic) bond motifs is 1. The van der Waals surface area contributed by atoms with Gasteiger partial charge in [-0.15, -0.1) is 11.3 Å². The standard InChI is InChI=1S/C24H16ClF3N2OS/c1-14-2-10-20-21(12-14)32-23(30-20)15-3-7-18(8-4-15)29-22(31)11-5-16-13-17(24(26,27)28)6-9-19(16)25/h2-13H,1H3,(H,29,31)/b11-5+. The summed E-state index contributed by atoms with van der Waals surface area (Å²) in [6, 6.07) is 16.3. The second-order valence-corrected chi connectivity index (χ2v) is 8.56. The number of aryl methyl sites for hydroxylation is 1. The van der Waals surface area contributed by atoms with Gasteiger partial charge in [-0.2, -0.15) is 13.2 Å². The minimum absolute atomic E-state index is 0.109. The van der Waals surface area contributed by atoms with E-state index in [0.29, 0.717) is 5.69 Å². The first-order valence-electron chi connectivity index (χ1n) is 9.52. The molecule has 32 heavy (non-hydrogen) atoms. The van der Waals surface area contributed by atoms with Crippen LogP contribution in [0.4, 0.5) is 18.9 Å². The summed E-state index contributed by atoms with van der Waals surface area (Å²) in [5.41, 5.74) is 2.86. The van der Waals surface area contributed by atoms with E-state index in [4.69, 9.17) is 11.6 Å². The molecule has 0 radical (unpaired) electrons. The Morgan fingerprint density at radius 2 is 1.81 bits per heavy atom. The van der Waals surface area contributed by atoms with Crippen LogP contribution in [0, 0.1) is 6.92 Å². The molecule has 0 saturated carbocycles. The van der Waals surface area contributed by atoms with E-state index in [0.717, 1.165) is 45.1 Å². The van der Waals surface area contributed by atoms with Crippen molar-refractivity contribution in [1.29, 1.82) is 0 Å². The van der Waals surface area contributed by atoms with Gasteiger partial charge in [-0.05, 0) is 78.7 Å². The Morgan fingerprint density at radius 1 is 1.06 bits per heavy atom. The van der Waals surface area contributed by atoms with Crippen LogP contribution < -0.4 is 5.32 Å². The number of benzene rings is 3. The first-order chi connectivity index (χ1) is 15.2. The molecule has 1 heterocycles. The van der Waals surface area contributed by atoms with Gasteiger partial charge < -0.3 is 5.32 Å². The van der Waals surface area contributed by atoms with Crippen LogP contribution in [0.5, 0.6) is 0 Å². The molecule has 4 rings (SSSR count). The Labute approximate surface area is 191 Å². The molecule has 8 heteroatoms. The van der Waals surface area contributed by atoms with Crippen LogP contribution in [0.1, 0.15) is 16.7 Å². The van der Waals surface area contributed by atoms with Crippen LogP contribution in [0.15, 0.2) is 66.7 Å². The van der Waals surface area contributed by atoms with Gasteiger partial charge in [-0.1, -0.05) is 17.7 Å². The molecule has 0 aliphatic rings. The molecule has 0 unspecified atom stereocenters. The lowest BCUT2D eigenvalue weighted by atomic mass is 10.1. The van der Waals surface area contributed by atoms with E-state index in [9.17, 15) is 18.0 Å². The Hall–Kier alpha value is -3.16. The molecule has 3 aromatic carbocycles. The van der Waals surface area contributed by atoms with Gasteiger partial charge in [0.2, 0.25) is 5.91 Å². The van der Waals surface area contributed by atoms with E-state index < -0.39 is 17.6 Å². The number of rotatable bonds is 4. The number of hydrogen-bond acceptors (Lipinski definition) is 3. The molecule has 0 fully saturated rings. The van der Waals surface area contributed by atoms with E-state index in [-0.39, 0.29) is 10.6 Å². The van der Waals surface area contributed by atoms with Gasteiger partial charge in [0.1, 0.15) is 5.01 Å². The van der Waals surface area contributed by atoms with Gasteiger partial charge >= 0.3 is 6.18 Å². The van der Waals surface area contributed by atoms with Crippen LogP contribution in [0.25, 0.3) is 26.9 Å². The lowest BCUT2D eigenvalue weighted by molar-refractivity contribution is -0.137. The predicted molar refractivity (Wildman–Crippen MR) is 124 cm³/mol. The highest BCUT2D eigenvalue weighted by Gasteiger charge is 2.30. The van der Waals surface area contributed by atoms with Gasteiger partial charge in [0.05, 0.1) is 15.8 Å². The van der Waals surface area contributed by atoms with Gasteiger partial charge in [-0.3, -0.25) is 4.79 Å². The molecule has 162 valence electrons. The van der Waals surface area contributed by atoms with Gasteiger partial charge in [-0.25, -0.2) is 4.98 Å². The van der Waals surface area contributed by atoms with Crippen molar-refractivity contribution in [2.75, 3.05) is 5.32 Å². The minimum Gasteiger partial charge on any atom is -0.323 e. The molecule has 1 N–H and O–H groups in total. The number of thiazole rings is 1. The first kappa shape index (κ1) is 22.0. The average molecular weight is 473 g/mol. The second kappa shape index (κ2) is 8.76. The monoisotopic (exact) mass is 472 g/mol. The Kier molecular flexibility index (Phi) is 6.04. The van der Waals surface area contributed by atoms with Crippen LogP contribution in [-0.2, 0) is 11.0 Å². The number of alkyl halides is 3. The first-order valence-corrected chi connectivity index (χ1v) is 10.7. The van der Waals surface area contributed by atoms with Gasteiger partial charge in [0.15, 0.2) is 0 Å². The Morgan fingerprint density at radius 3 is 2.53 bits per heavy atom. The summed E-state index contributed by atoms with van der Waals surface area (Å²) < 4.78 is 39.7. The molecule has 1 amide bonds. The molecular weight excluding hydrogens is 457 g/mol. The lowest BCUT2D eigenvalue weighted by Crippen LogP contribution is -2.07. The fourth-order valence-electron chi connectivity index (χ4n) is 3.05. The Balaban J connectivity index is 1.46. The maximum absolute atomic E-state index is 12.9. The maximum atomic E-state index is 12.9. The smallest absolute Gasteiger partial charge is 0.323 e. The van der Waals surface area contributed by atoms with Crippen molar-refractivity contribution in [1.82, 2.24) is 4.98 Å². The number of anilines is 1. The van der Waals surface area contributed by atoms with Crippen molar-refractivity contribution in [2.45, 2.75) is 13.1 Å². The second-order valence-electron chi connectivity index (χ2n) is 7.12. The lowest BCUT2D eigenvalue weighted by Gasteiger charge is -2.08. The van der Waals surface area contributed by atoms with E-state index >= 15 is 0 Å². The van der Waals surface area contributed by atoms with E-state index in [2.05, 4.69) is 16.4 Å². The van der Waals surface area contributed by atoms with Crippen LogP contribution >= 0.6 is 22.9 Å². The molecule has 0 spiro atoms. The van der Waals surface area contributed by atoms with Crippen molar-refractivity contribution in [3.63, 3.8) is 0 Å². The van der Waals surface area contributed by atoms with E-state index in [1.807, 2.05) is 31.2 Å². The highest BCUT2D eigenvalue weighted by Crippen LogP contribution is 2.33. The SMILES string of the molecule is Cc1ccc2nc(-c3ccc(NC(=O)/C=C/c4cc(C(F)(F)F)ccc4Cl)cc3)sc2c1. The minimum atomic E-state index is -4.49. The average Bonchev–Trinajstić information content (AvgIpc) is 3.16. The fourth-order valence-corrected chi connectivity index (χ4v) is 4.30. The summed E-state index contributed by atoms with van der Waals surface area (Å²) >= 11 is 7.54.